The fourth-order valence-corrected chi connectivity index (χ4v) is 4.27. The number of rotatable bonds is 7. The Kier molecular flexibility index (Phi) is 7.80. The quantitative estimate of drug-likeness (QED) is 0.289. The van der Waals surface area contributed by atoms with Crippen LogP contribution >= 0.6 is 27.5 Å². The number of hydrogen-bond acceptors (Lipinski definition) is 6. The van der Waals surface area contributed by atoms with Gasteiger partial charge in [-0.25, -0.2) is 14.1 Å². The molecule has 11 heteroatoms. The topological polar surface area (TPSA) is 94.2 Å². The summed E-state index contributed by atoms with van der Waals surface area (Å²) in [4.78, 5) is 39.3. The van der Waals surface area contributed by atoms with Gasteiger partial charge in [-0.2, -0.15) is 0 Å². The van der Waals surface area contributed by atoms with Crippen molar-refractivity contribution in [2.45, 2.75) is 6.61 Å². The number of barbiturate groups is 1. The second-order valence-electron chi connectivity index (χ2n) is 7.72. The first kappa shape index (κ1) is 26.2. The maximum absolute atomic E-state index is 13.3. The number of anilines is 1. The smallest absolute Gasteiger partial charge is 0.336 e. The van der Waals surface area contributed by atoms with Crippen LogP contribution < -0.4 is 24.4 Å². The van der Waals surface area contributed by atoms with E-state index in [2.05, 4.69) is 21.2 Å². The van der Waals surface area contributed by atoms with Crippen molar-refractivity contribution in [3.05, 3.63) is 86.6 Å². The highest BCUT2D eigenvalue weighted by Crippen LogP contribution is 2.39. The number of urea groups is 1. The lowest BCUT2D eigenvalue weighted by Crippen LogP contribution is -2.54. The summed E-state index contributed by atoms with van der Waals surface area (Å²) in [6, 6.07) is 12.7. The molecule has 1 aliphatic heterocycles. The lowest BCUT2D eigenvalue weighted by Gasteiger charge is -2.28. The van der Waals surface area contributed by atoms with E-state index >= 15 is 0 Å². The number of halogens is 3. The average molecular weight is 590 g/mol. The molecular formula is C26H19BrClFN2O6. The summed E-state index contributed by atoms with van der Waals surface area (Å²) in [5.74, 6) is -1.20. The van der Waals surface area contributed by atoms with Crippen LogP contribution in [0.1, 0.15) is 11.1 Å². The predicted molar refractivity (Wildman–Crippen MR) is 138 cm³/mol. The van der Waals surface area contributed by atoms with Gasteiger partial charge in [-0.15, -0.1) is 0 Å². The van der Waals surface area contributed by atoms with Gasteiger partial charge < -0.3 is 14.2 Å². The van der Waals surface area contributed by atoms with Gasteiger partial charge >= 0.3 is 6.03 Å². The highest BCUT2D eigenvalue weighted by molar-refractivity contribution is 9.10. The Morgan fingerprint density at radius 1 is 0.973 bits per heavy atom. The van der Waals surface area contributed by atoms with Gasteiger partial charge in [-0.3, -0.25) is 14.9 Å². The standard InChI is InChI=1S/C26H19BrClFN2O6/c1-35-22-12-20(23(36-2)11-19(22)28)31-25(33)17(24(32)30-26(31)34)9-15-5-8-21(18(27)10-15)37-13-14-3-6-16(29)7-4-14/h3-12H,13H2,1-2H3,(H,30,32,34)/b17-9+. The highest BCUT2D eigenvalue weighted by Gasteiger charge is 2.38. The molecule has 4 rings (SSSR count). The van der Waals surface area contributed by atoms with Gasteiger partial charge in [-0.05, 0) is 57.4 Å². The molecule has 0 aliphatic carbocycles. The highest BCUT2D eigenvalue weighted by atomic mass is 79.9. The normalized spacial score (nSPS) is 14.6. The molecule has 37 heavy (non-hydrogen) atoms. The summed E-state index contributed by atoms with van der Waals surface area (Å²) >= 11 is 9.56. The van der Waals surface area contributed by atoms with Gasteiger partial charge in [0, 0.05) is 12.1 Å². The molecule has 3 aromatic carbocycles. The maximum atomic E-state index is 13.3. The number of imide groups is 2. The zero-order valence-electron chi connectivity index (χ0n) is 19.5. The fourth-order valence-electron chi connectivity index (χ4n) is 3.53. The molecule has 0 atom stereocenters. The van der Waals surface area contributed by atoms with Gasteiger partial charge in [-0.1, -0.05) is 29.8 Å². The summed E-state index contributed by atoms with van der Waals surface area (Å²) in [5.41, 5.74) is 1.05. The number of nitrogens with zero attached hydrogens (tertiary/aromatic N) is 1. The minimum absolute atomic E-state index is 0.0513. The minimum atomic E-state index is -0.944. The SMILES string of the molecule is COc1cc(N2C(=O)NC(=O)/C(=C\c3ccc(OCc4ccc(F)cc4)c(Br)c3)C2=O)c(OC)cc1Cl. The number of carbonyl (C=O) groups is 3. The fraction of sp³-hybridized carbons (Fsp3) is 0.115. The van der Waals surface area contributed by atoms with Crippen molar-refractivity contribution in [1.82, 2.24) is 5.32 Å². The van der Waals surface area contributed by atoms with Crippen LogP contribution in [0.5, 0.6) is 17.2 Å². The van der Waals surface area contributed by atoms with Crippen molar-refractivity contribution < 1.29 is 33.0 Å². The first-order valence-corrected chi connectivity index (χ1v) is 11.9. The van der Waals surface area contributed by atoms with E-state index in [1.54, 1.807) is 30.3 Å². The Morgan fingerprint density at radius 2 is 1.68 bits per heavy atom. The Bertz CT molecular complexity index is 1430. The van der Waals surface area contributed by atoms with Crippen LogP contribution in [0, 0.1) is 5.82 Å². The van der Waals surface area contributed by atoms with Crippen molar-refractivity contribution in [2.24, 2.45) is 0 Å². The molecule has 8 nitrogen and oxygen atoms in total. The molecule has 1 aliphatic rings. The Hall–Kier alpha value is -3.89. The van der Waals surface area contributed by atoms with Crippen molar-refractivity contribution in [3.8, 4) is 17.2 Å². The molecule has 0 bridgehead atoms. The van der Waals surface area contributed by atoms with Crippen LogP contribution in [0.4, 0.5) is 14.9 Å². The molecule has 1 heterocycles. The average Bonchev–Trinajstić information content (AvgIpc) is 2.87. The third-order valence-corrected chi connectivity index (χ3v) is 6.29. The second kappa shape index (κ2) is 11.0. The largest absolute Gasteiger partial charge is 0.495 e. The Balaban J connectivity index is 1.61. The lowest BCUT2D eigenvalue weighted by atomic mass is 10.1. The summed E-state index contributed by atoms with van der Waals surface area (Å²) < 4.78 is 29.9. The third kappa shape index (κ3) is 5.60. The first-order valence-electron chi connectivity index (χ1n) is 10.7. The van der Waals surface area contributed by atoms with Gasteiger partial charge in [0.15, 0.2) is 0 Å². The number of amides is 4. The molecule has 0 spiro atoms. The van der Waals surface area contributed by atoms with E-state index in [4.69, 9.17) is 25.8 Å². The summed E-state index contributed by atoms with van der Waals surface area (Å²) in [5, 5.41) is 2.38. The minimum Gasteiger partial charge on any atom is -0.495 e. The Labute approximate surface area is 224 Å². The molecule has 0 radical (unpaired) electrons. The Morgan fingerprint density at radius 3 is 2.32 bits per heavy atom. The molecule has 190 valence electrons. The van der Waals surface area contributed by atoms with E-state index in [-0.39, 0.29) is 40.2 Å². The van der Waals surface area contributed by atoms with E-state index in [0.29, 0.717) is 15.8 Å². The number of carbonyl (C=O) groups excluding carboxylic acids is 3. The molecule has 0 saturated carbocycles. The van der Waals surface area contributed by atoms with Crippen LogP contribution in [0.25, 0.3) is 6.08 Å². The van der Waals surface area contributed by atoms with E-state index in [1.165, 1.54) is 44.6 Å². The number of benzene rings is 3. The van der Waals surface area contributed by atoms with E-state index in [9.17, 15) is 18.8 Å². The van der Waals surface area contributed by atoms with Crippen LogP contribution in [-0.4, -0.2) is 32.1 Å². The molecular weight excluding hydrogens is 571 g/mol. The molecule has 1 fully saturated rings. The van der Waals surface area contributed by atoms with Gasteiger partial charge in [0.25, 0.3) is 11.8 Å². The van der Waals surface area contributed by atoms with Crippen molar-refractivity contribution in [3.63, 3.8) is 0 Å². The zero-order valence-corrected chi connectivity index (χ0v) is 21.9. The number of nitrogens with one attached hydrogen (secondary N) is 1. The summed E-state index contributed by atoms with van der Waals surface area (Å²) in [7, 11) is 2.74. The molecule has 1 saturated heterocycles. The van der Waals surface area contributed by atoms with Gasteiger partial charge in [0.2, 0.25) is 0 Å². The second-order valence-corrected chi connectivity index (χ2v) is 8.98. The lowest BCUT2D eigenvalue weighted by molar-refractivity contribution is -0.122. The van der Waals surface area contributed by atoms with Crippen LogP contribution in [0.2, 0.25) is 5.02 Å². The van der Waals surface area contributed by atoms with Crippen molar-refractivity contribution in [1.29, 1.82) is 0 Å². The summed E-state index contributed by atoms with van der Waals surface area (Å²) in [6.07, 6.45) is 1.35. The zero-order chi connectivity index (χ0) is 26.7. The van der Waals surface area contributed by atoms with E-state index < -0.39 is 17.8 Å². The maximum Gasteiger partial charge on any atom is 0.336 e. The molecule has 0 aromatic heterocycles. The number of ether oxygens (including phenoxy) is 3. The predicted octanol–water partition coefficient (Wildman–Crippen LogP) is 5.50. The molecule has 1 N–H and O–H groups in total. The van der Waals surface area contributed by atoms with Gasteiger partial charge in [0.05, 0.1) is 29.4 Å². The van der Waals surface area contributed by atoms with Gasteiger partial charge in [0.1, 0.15) is 35.2 Å². The number of methoxy groups -OCH3 is 2. The van der Waals surface area contributed by atoms with E-state index in [1.807, 2.05) is 0 Å². The molecule has 4 amide bonds. The van der Waals surface area contributed by atoms with E-state index in [0.717, 1.165) is 10.5 Å². The van der Waals surface area contributed by atoms with Crippen LogP contribution in [0.15, 0.2) is 64.6 Å². The molecule has 3 aromatic rings. The first-order chi connectivity index (χ1) is 17.7. The third-order valence-electron chi connectivity index (χ3n) is 5.37. The van der Waals surface area contributed by atoms with Crippen molar-refractivity contribution in [2.75, 3.05) is 19.1 Å². The summed E-state index contributed by atoms with van der Waals surface area (Å²) in [6.45, 7) is 0.212. The van der Waals surface area contributed by atoms with Crippen molar-refractivity contribution >= 4 is 57.1 Å². The monoisotopic (exact) mass is 588 g/mol. The number of hydrogen-bond donors (Lipinski definition) is 1. The molecule has 0 unspecified atom stereocenters. The van der Waals surface area contributed by atoms with Crippen LogP contribution in [-0.2, 0) is 16.2 Å². The van der Waals surface area contributed by atoms with Crippen LogP contribution in [0.3, 0.4) is 0 Å².